The Bertz CT molecular complexity index is 782. The normalized spacial score (nSPS) is 11.8. The van der Waals surface area contributed by atoms with Crippen LogP contribution >= 0.6 is 0 Å². The maximum Gasteiger partial charge on any atom is 0.303 e. The monoisotopic (exact) mass is 687 g/mol. The number of hydrogen-bond acceptors (Lipinski definition) is 8. The summed E-state index contributed by atoms with van der Waals surface area (Å²) < 4.78 is 21.7. The molecule has 0 rings (SSSR count). The minimum atomic E-state index is -0.688. The number of hydrogen-bond donors (Lipinski definition) is 4. The summed E-state index contributed by atoms with van der Waals surface area (Å²) >= 11 is 0. The van der Waals surface area contributed by atoms with Crippen LogP contribution in [0.25, 0.3) is 0 Å². The molecule has 0 aliphatic carbocycles. The van der Waals surface area contributed by atoms with Crippen molar-refractivity contribution in [3.8, 4) is 0 Å². The molecule has 0 aromatic carbocycles. The van der Waals surface area contributed by atoms with Gasteiger partial charge in [-0.1, -0.05) is 97.0 Å². The molecular formula is C37H70N2O9. The average molecular weight is 687 g/mol. The number of ether oxygens (including phenoxy) is 4. The summed E-state index contributed by atoms with van der Waals surface area (Å²) in [6, 6.07) is 0. The van der Waals surface area contributed by atoms with Crippen molar-refractivity contribution in [1.29, 1.82) is 0 Å². The standard InChI is InChI=1S/C37H70N2O9/c1-3-23-38-36(42)32-48-31-30-46-26-18-25-45-28-29-47-27-24-39-35(41)22-21-34(33(2)40)19-16-14-12-10-8-6-4-5-7-9-11-13-15-17-20-37(43)44/h34,40H,2-32H2,1H3,(H,38,42)(H,39,41)(H,43,44). The van der Waals surface area contributed by atoms with Crippen molar-refractivity contribution < 1.29 is 43.5 Å². The van der Waals surface area contributed by atoms with Crippen LogP contribution in [0.3, 0.4) is 0 Å². The first-order valence-corrected chi connectivity index (χ1v) is 18.8. The highest BCUT2D eigenvalue weighted by molar-refractivity contribution is 5.77. The van der Waals surface area contributed by atoms with Crippen LogP contribution in [-0.2, 0) is 33.3 Å². The molecule has 2 amide bonds. The average Bonchev–Trinajstić information content (AvgIpc) is 3.06. The lowest BCUT2D eigenvalue weighted by Crippen LogP contribution is -2.28. The molecule has 11 nitrogen and oxygen atoms in total. The quantitative estimate of drug-likeness (QED) is 0.0402. The fraction of sp³-hybridized carbons (Fsp3) is 0.865. The van der Waals surface area contributed by atoms with Crippen molar-refractivity contribution in [2.24, 2.45) is 5.92 Å². The zero-order valence-electron chi connectivity index (χ0n) is 30.2. The number of allylic oxidation sites excluding steroid dienone is 1. The minimum Gasteiger partial charge on any atom is -0.513 e. The van der Waals surface area contributed by atoms with Gasteiger partial charge >= 0.3 is 5.97 Å². The highest BCUT2D eigenvalue weighted by Crippen LogP contribution is 2.22. The van der Waals surface area contributed by atoms with E-state index in [1.165, 1.54) is 57.8 Å². The molecule has 11 heteroatoms. The molecule has 0 saturated carbocycles. The van der Waals surface area contributed by atoms with Crippen molar-refractivity contribution in [1.82, 2.24) is 10.6 Å². The zero-order valence-corrected chi connectivity index (χ0v) is 30.2. The first-order valence-electron chi connectivity index (χ1n) is 18.8. The molecule has 0 saturated heterocycles. The summed E-state index contributed by atoms with van der Waals surface area (Å²) in [7, 11) is 0. The van der Waals surface area contributed by atoms with Gasteiger partial charge in [0.05, 0.1) is 38.8 Å². The van der Waals surface area contributed by atoms with E-state index >= 15 is 0 Å². The van der Waals surface area contributed by atoms with Crippen LogP contribution in [-0.4, -0.2) is 93.9 Å². The molecule has 282 valence electrons. The van der Waals surface area contributed by atoms with Gasteiger partial charge in [-0.3, -0.25) is 14.4 Å². The second-order valence-electron chi connectivity index (χ2n) is 12.6. The molecule has 1 unspecified atom stereocenters. The fourth-order valence-corrected chi connectivity index (χ4v) is 5.21. The van der Waals surface area contributed by atoms with Gasteiger partial charge in [-0.15, -0.1) is 0 Å². The van der Waals surface area contributed by atoms with Crippen LogP contribution in [0.15, 0.2) is 12.3 Å². The molecule has 0 spiro atoms. The van der Waals surface area contributed by atoms with Gasteiger partial charge in [0.25, 0.3) is 0 Å². The van der Waals surface area contributed by atoms with Crippen LogP contribution in [0.2, 0.25) is 0 Å². The number of rotatable bonds is 38. The molecule has 4 N–H and O–H groups in total. The Kier molecular flexibility index (Phi) is 34.4. The zero-order chi connectivity index (χ0) is 35.3. The summed E-state index contributed by atoms with van der Waals surface area (Å²) in [5.74, 6) is -0.694. The van der Waals surface area contributed by atoms with E-state index in [-0.39, 0.29) is 30.1 Å². The lowest BCUT2D eigenvalue weighted by Gasteiger charge is -2.15. The van der Waals surface area contributed by atoms with E-state index < -0.39 is 5.97 Å². The number of carbonyl (C=O) groups excluding carboxylic acids is 2. The van der Waals surface area contributed by atoms with E-state index in [2.05, 4.69) is 17.2 Å². The summed E-state index contributed by atoms with van der Waals surface area (Å²) in [6.07, 6.45) is 20.4. The number of aliphatic hydroxyl groups is 1. The van der Waals surface area contributed by atoms with Gasteiger partial charge < -0.3 is 39.8 Å². The van der Waals surface area contributed by atoms with Crippen molar-refractivity contribution in [3.05, 3.63) is 12.3 Å². The SMILES string of the molecule is C=C(O)C(CCCCCCCCCCCCCCCCC(=O)O)CCC(=O)NCCOCCOCCCOCCOCC(=O)NCCC. The lowest BCUT2D eigenvalue weighted by molar-refractivity contribution is -0.137. The molecule has 0 aliphatic rings. The van der Waals surface area contributed by atoms with E-state index in [4.69, 9.17) is 24.1 Å². The minimum absolute atomic E-state index is 0.0383. The number of unbranched alkanes of at least 4 members (excludes halogenated alkanes) is 13. The number of nitrogens with one attached hydrogen (secondary N) is 2. The first kappa shape index (κ1) is 45.8. The Morgan fingerprint density at radius 3 is 1.54 bits per heavy atom. The number of aliphatic hydroxyl groups excluding tert-OH is 1. The van der Waals surface area contributed by atoms with Crippen LogP contribution in [0.4, 0.5) is 0 Å². The highest BCUT2D eigenvalue weighted by atomic mass is 16.5. The number of amides is 2. The van der Waals surface area contributed by atoms with Crippen molar-refractivity contribution >= 4 is 17.8 Å². The smallest absolute Gasteiger partial charge is 0.303 e. The van der Waals surface area contributed by atoms with Gasteiger partial charge in [-0.25, -0.2) is 0 Å². The Balaban J connectivity index is 3.50. The van der Waals surface area contributed by atoms with Gasteiger partial charge in [0.15, 0.2) is 0 Å². The van der Waals surface area contributed by atoms with Crippen LogP contribution in [0, 0.1) is 5.92 Å². The molecule has 0 fully saturated rings. The van der Waals surface area contributed by atoms with Crippen molar-refractivity contribution in [3.63, 3.8) is 0 Å². The van der Waals surface area contributed by atoms with Crippen molar-refractivity contribution in [2.75, 3.05) is 65.9 Å². The maximum absolute atomic E-state index is 12.2. The highest BCUT2D eigenvalue weighted by Gasteiger charge is 2.14. The molecule has 0 aromatic heterocycles. The topological polar surface area (TPSA) is 153 Å². The van der Waals surface area contributed by atoms with Crippen LogP contribution in [0.1, 0.15) is 135 Å². The largest absolute Gasteiger partial charge is 0.513 e. The molecule has 0 aromatic rings. The van der Waals surface area contributed by atoms with E-state index in [0.717, 1.165) is 51.4 Å². The Hall–Kier alpha value is -2.21. The number of aliphatic carboxylic acids is 1. The molecule has 0 heterocycles. The summed E-state index contributed by atoms with van der Waals surface area (Å²) in [4.78, 5) is 34.1. The van der Waals surface area contributed by atoms with Crippen LogP contribution < -0.4 is 10.6 Å². The third-order valence-corrected chi connectivity index (χ3v) is 8.08. The van der Waals surface area contributed by atoms with Crippen molar-refractivity contribution in [2.45, 2.75) is 135 Å². The van der Waals surface area contributed by atoms with E-state index in [1.807, 2.05) is 6.92 Å². The molecular weight excluding hydrogens is 616 g/mol. The summed E-state index contributed by atoms with van der Waals surface area (Å²) in [6.45, 7) is 10.2. The molecule has 48 heavy (non-hydrogen) atoms. The van der Waals surface area contributed by atoms with Gasteiger partial charge in [0, 0.05) is 45.1 Å². The second-order valence-corrected chi connectivity index (χ2v) is 12.6. The fourth-order valence-electron chi connectivity index (χ4n) is 5.21. The predicted octanol–water partition coefficient (Wildman–Crippen LogP) is 6.88. The molecule has 0 radical (unpaired) electrons. The third kappa shape index (κ3) is 35.1. The first-order chi connectivity index (χ1) is 23.4. The predicted molar refractivity (Wildman–Crippen MR) is 190 cm³/mol. The van der Waals surface area contributed by atoms with Gasteiger partial charge in [0.2, 0.25) is 11.8 Å². The van der Waals surface area contributed by atoms with E-state index in [9.17, 15) is 19.5 Å². The Labute approximate surface area is 291 Å². The Morgan fingerprint density at radius 2 is 1.02 bits per heavy atom. The second kappa shape index (κ2) is 36.1. The molecule has 0 aliphatic heterocycles. The third-order valence-electron chi connectivity index (χ3n) is 8.08. The van der Waals surface area contributed by atoms with E-state index in [1.54, 1.807) is 0 Å². The molecule has 1 atom stereocenters. The number of carboxylic acids is 1. The van der Waals surface area contributed by atoms with Gasteiger partial charge in [-0.05, 0) is 32.1 Å². The van der Waals surface area contributed by atoms with E-state index in [0.29, 0.717) is 78.6 Å². The number of carboxylic acid groups (broad SMARTS) is 1. The van der Waals surface area contributed by atoms with Gasteiger partial charge in [-0.2, -0.15) is 0 Å². The maximum atomic E-state index is 12.2. The van der Waals surface area contributed by atoms with Gasteiger partial charge in [0.1, 0.15) is 6.61 Å². The summed E-state index contributed by atoms with van der Waals surface area (Å²) in [5.41, 5.74) is 0. The summed E-state index contributed by atoms with van der Waals surface area (Å²) in [5, 5.41) is 24.3. The lowest BCUT2D eigenvalue weighted by atomic mass is 9.94. The Morgan fingerprint density at radius 1 is 0.542 bits per heavy atom. The molecule has 0 bridgehead atoms. The number of carbonyl (C=O) groups is 3. The van der Waals surface area contributed by atoms with Crippen LogP contribution in [0.5, 0.6) is 0 Å².